The van der Waals surface area contributed by atoms with Gasteiger partial charge in [0.05, 0.1) is 18.3 Å². The van der Waals surface area contributed by atoms with Crippen molar-refractivity contribution in [3.63, 3.8) is 0 Å². The van der Waals surface area contributed by atoms with Gasteiger partial charge in [-0.2, -0.15) is 5.10 Å². The molecule has 0 saturated heterocycles. The highest BCUT2D eigenvalue weighted by Gasteiger charge is 2.09. The van der Waals surface area contributed by atoms with Crippen LogP contribution in [0.15, 0.2) is 42.7 Å². The molecule has 1 atom stereocenters. The molecule has 3 rings (SSSR count). The minimum atomic E-state index is -0.804. The number of aryl methyl sites for hydroxylation is 2. The summed E-state index contributed by atoms with van der Waals surface area (Å²) in [5, 5.41) is 31.2. The van der Waals surface area contributed by atoms with Crippen LogP contribution in [-0.4, -0.2) is 48.2 Å². The fourth-order valence-corrected chi connectivity index (χ4v) is 2.69. The Bertz CT molecular complexity index is 898. The number of carbonyl (C=O) groups excluding carboxylic acids is 1. The van der Waals surface area contributed by atoms with Crippen LogP contribution in [-0.2, 0) is 24.2 Å². The van der Waals surface area contributed by atoms with Crippen LogP contribution >= 0.6 is 0 Å². The smallest absolute Gasteiger partial charge is 0.231 e. The summed E-state index contributed by atoms with van der Waals surface area (Å²) in [5.74, 6) is 0.245. The Morgan fingerprint density at radius 3 is 2.76 bits per heavy atom. The molecule has 1 unspecified atom stereocenters. The summed E-state index contributed by atoms with van der Waals surface area (Å²) in [6, 6.07) is 9.07. The second kappa shape index (κ2) is 10.3. The third-order valence-corrected chi connectivity index (χ3v) is 4.24. The largest absolute Gasteiger partial charge is 0.373 e. The number of pyridine rings is 1. The van der Waals surface area contributed by atoms with Crippen molar-refractivity contribution in [2.24, 2.45) is 0 Å². The van der Waals surface area contributed by atoms with Gasteiger partial charge in [0.2, 0.25) is 5.91 Å². The van der Waals surface area contributed by atoms with Crippen molar-refractivity contribution in [3.05, 3.63) is 59.8 Å². The lowest BCUT2D eigenvalue weighted by Gasteiger charge is -2.05. The number of aliphatic hydroxyl groups is 1. The average molecular weight is 396 g/mol. The van der Waals surface area contributed by atoms with Gasteiger partial charge in [0.25, 0.3) is 0 Å². The first kappa shape index (κ1) is 20.5. The number of hydrogen-bond acceptors (Lipinski definition) is 8. The second-order valence-electron chi connectivity index (χ2n) is 6.51. The van der Waals surface area contributed by atoms with Gasteiger partial charge in [0.15, 0.2) is 12.0 Å². The third kappa shape index (κ3) is 6.40. The van der Waals surface area contributed by atoms with Crippen molar-refractivity contribution in [1.82, 2.24) is 35.5 Å². The molecule has 0 spiro atoms. The number of nitrogens with zero attached hydrogens (tertiary/aromatic N) is 6. The van der Waals surface area contributed by atoms with E-state index >= 15 is 0 Å². The fourth-order valence-electron chi connectivity index (χ4n) is 2.69. The summed E-state index contributed by atoms with van der Waals surface area (Å²) in [6.07, 6.45) is 5.35. The number of carbonyl (C=O) groups is 1. The molecule has 29 heavy (non-hydrogen) atoms. The van der Waals surface area contributed by atoms with Gasteiger partial charge in [-0.1, -0.05) is 11.3 Å². The number of nitrogens with one attached hydrogen (secondary N) is 2. The molecule has 10 nitrogen and oxygen atoms in total. The molecule has 0 bridgehead atoms. The minimum absolute atomic E-state index is 0.179. The van der Waals surface area contributed by atoms with Crippen LogP contribution in [0.2, 0.25) is 0 Å². The first-order valence-electron chi connectivity index (χ1n) is 9.42. The van der Waals surface area contributed by atoms with E-state index in [4.69, 9.17) is 0 Å². The summed E-state index contributed by atoms with van der Waals surface area (Å²) in [7, 11) is 1.65. The van der Waals surface area contributed by atoms with Crippen molar-refractivity contribution < 1.29 is 9.90 Å². The van der Waals surface area contributed by atoms with E-state index in [9.17, 15) is 9.90 Å². The summed E-state index contributed by atoms with van der Waals surface area (Å²) >= 11 is 0. The summed E-state index contributed by atoms with van der Waals surface area (Å²) < 4.78 is 1.71. The van der Waals surface area contributed by atoms with Crippen LogP contribution in [0.25, 0.3) is 0 Å². The first-order valence-corrected chi connectivity index (χ1v) is 9.42. The van der Waals surface area contributed by atoms with Gasteiger partial charge >= 0.3 is 0 Å². The van der Waals surface area contributed by atoms with E-state index in [0.717, 1.165) is 25.0 Å². The minimum Gasteiger partial charge on any atom is -0.373 e. The van der Waals surface area contributed by atoms with Crippen molar-refractivity contribution in [1.29, 1.82) is 0 Å². The molecule has 10 heteroatoms. The third-order valence-electron chi connectivity index (χ3n) is 4.24. The van der Waals surface area contributed by atoms with E-state index in [1.54, 1.807) is 36.3 Å². The summed E-state index contributed by atoms with van der Waals surface area (Å²) in [6.45, 7) is 0.707. The number of hydrogen-bond donors (Lipinski definition) is 3. The van der Waals surface area contributed by atoms with Crippen molar-refractivity contribution in [3.8, 4) is 0 Å². The molecule has 0 aromatic carbocycles. The normalized spacial score (nSPS) is 11.9. The van der Waals surface area contributed by atoms with E-state index in [2.05, 4.69) is 36.1 Å². The Morgan fingerprint density at radius 1 is 1.14 bits per heavy atom. The quantitative estimate of drug-likeness (QED) is 0.340. The Balaban J connectivity index is 1.39. The van der Waals surface area contributed by atoms with Gasteiger partial charge < -0.3 is 10.4 Å². The monoisotopic (exact) mass is 396 g/mol. The molecule has 0 aliphatic rings. The molecule has 3 aromatic rings. The van der Waals surface area contributed by atoms with E-state index in [0.29, 0.717) is 23.8 Å². The highest BCUT2D eigenvalue weighted by Crippen LogP contribution is 2.08. The molecule has 0 fully saturated rings. The number of unbranched alkanes of at least 4 members (excludes halogenated alkanes) is 1. The maximum absolute atomic E-state index is 12.0. The Labute approximate surface area is 168 Å². The predicted octanol–water partition coefficient (Wildman–Crippen LogP) is 0.877. The van der Waals surface area contributed by atoms with Crippen LogP contribution < -0.4 is 10.6 Å². The zero-order valence-electron chi connectivity index (χ0n) is 16.2. The molecule has 0 saturated carbocycles. The number of aliphatic hydroxyl groups excluding tert-OH is 1. The van der Waals surface area contributed by atoms with E-state index in [1.807, 2.05) is 18.2 Å². The maximum atomic E-state index is 12.0. The van der Waals surface area contributed by atoms with Crippen LogP contribution in [0.4, 0.5) is 5.82 Å². The molecule has 3 heterocycles. The topological polar surface area (TPSA) is 131 Å². The fraction of sp³-hybridized carbons (Fsp3) is 0.368. The van der Waals surface area contributed by atoms with Crippen LogP contribution in [0.1, 0.15) is 36.2 Å². The highest BCUT2D eigenvalue weighted by molar-refractivity contribution is 5.90. The maximum Gasteiger partial charge on any atom is 0.231 e. The SMILES string of the molecule is CNC(O)c1cn(CCCCc2ccc(NC(=O)Cc3ccccn3)nn2)nn1. The van der Waals surface area contributed by atoms with Gasteiger partial charge in [-0.25, -0.2) is 0 Å². The number of amides is 1. The van der Waals surface area contributed by atoms with Gasteiger partial charge in [-0.05, 0) is 50.6 Å². The van der Waals surface area contributed by atoms with Crippen molar-refractivity contribution >= 4 is 11.7 Å². The zero-order valence-corrected chi connectivity index (χ0v) is 16.2. The summed E-state index contributed by atoms with van der Waals surface area (Å²) in [5.41, 5.74) is 2.06. The lowest BCUT2D eigenvalue weighted by atomic mass is 10.2. The molecule has 3 N–H and O–H groups in total. The summed E-state index contributed by atoms with van der Waals surface area (Å²) in [4.78, 5) is 16.2. The molecule has 1 amide bonds. The van der Waals surface area contributed by atoms with Gasteiger partial charge in [0, 0.05) is 18.4 Å². The van der Waals surface area contributed by atoms with Crippen LogP contribution in [0, 0.1) is 0 Å². The van der Waals surface area contributed by atoms with Crippen molar-refractivity contribution in [2.75, 3.05) is 12.4 Å². The van der Waals surface area contributed by atoms with Gasteiger partial charge in [-0.3, -0.25) is 19.8 Å². The number of aromatic nitrogens is 6. The number of anilines is 1. The average Bonchev–Trinajstić information content (AvgIpc) is 3.21. The Hall–Kier alpha value is -3.24. The van der Waals surface area contributed by atoms with E-state index < -0.39 is 6.23 Å². The highest BCUT2D eigenvalue weighted by atomic mass is 16.3. The molecule has 0 aliphatic carbocycles. The van der Waals surface area contributed by atoms with E-state index in [1.165, 1.54) is 0 Å². The standard InChI is InChI=1S/C19H24N8O2/c1-20-19(29)16-13-27(26-24-16)11-5-3-6-14-8-9-17(25-23-14)22-18(28)12-15-7-2-4-10-21-15/h2,4,7-10,13,19-20,29H,3,5-6,11-12H2,1H3,(H,22,25,28). The van der Waals surface area contributed by atoms with Crippen molar-refractivity contribution in [2.45, 2.75) is 38.5 Å². The van der Waals surface area contributed by atoms with Crippen LogP contribution in [0.5, 0.6) is 0 Å². The Kier molecular flexibility index (Phi) is 7.31. The number of rotatable bonds is 10. The molecule has 0 radical (unpaired) electrons. The zero-order chi connectivity index (χ0) is 20.5. The van der Waals surface area contributed by atoms with E-state index in [-0.39, 0.29) is 12.3 Å². The molecular formula is C19H24N8O2. The second-order valence-corrected chi connectivity index (χ2v) is 6.51. The molecule has 152 valence electrons. The lowest BCUT2D eigenvalue weighted by molar-refractivity contribution is -0.115. The molecule has 3 aromatic heterocycles. The predicted molar refractivity (Wildman–Crippen MR) is 106 cm³/mol. The molecule has 0 aliphatic heterocycles. The van der Waals surface area contributed by atoms with Crippen LogP contribution in [0.3, 0.4) is 0 Å². The van der Waals surface area contributed by atoms with Gasteiger partial charge in [-0.15, -0.1) is 10.2 Å². The Morgan fingerprint density at radius 2 is 2.03 bits per heavy atom. The molecular weight excluding hydrogens is 372 g/mol. The first-order chi connectivity index (χ1) is 14.1. The van der Waals surface area contributed by atoms with Gasteiger partial charge in [0.1, 0.15) is 5.69 Å². The lowest BCUT2D eigenvalue weighted by Crippen LogP contribution is -2.16.